The van der Waals surface area contributed by atoms with Crippen LogP contribution < -0.4 is 10.3 Å². The van der Waals surface area contributed by atoms with Crippen LogP contribution in [0.5, 0.6) is 0 Å². The molecule has 31 heavy (non-hydrogen) atoms. The normalized spacial score (nSPS) is 21.0. The van der Waals surface area contributed by atoms with Crippen molar-refractivity contribution < 1.29 is 0 Å². The summed E-state index contributed by atoms with van der Waals surface area (Å²) in [6.45, 7) is 13.0. The predicted molar refractivity (Wildman–Crippen MR) is 131 cm³/mol. The lowest BCUT2D eigenvalue weighted by molar-refractivity contribution is 0.258. The Morgan fingerprint density at radius 2 is 1.84 bits per heavy atom. The summed E-state index contributed by atoms with van der Waals surface area (Å²) >= 11 is 1.85. The topological polar surface area (TPSA) is 59.9 Å². The van der Waals surface area contributed by atoms with Crippen molar-refractivity contribution in [2.45, 2.75) is 64.2 Å². The summed E-state index contributed by atoms with van der Waals surface area (Å²) in [5.74, 6) is 3.89. The van der Waals surface area contributed by atoms with Gasteiger partial charge in [-0.25, -0.2) is 9.97 Å². The molecule has 0 aromatic carbocycles. The zero-order chi connectivity index (χ0) is 21.8. The molecule has 2 fully saturated rings. The fraction of sp³-hybridized carbons (Fsp3) is 0.783. The maximum Gasteiger partial charge on any atom is 0.184 e. The number of nitrogens with one attached hydrogen (secondary N) is 1. The smallest absolute Gasteiger partial charge is 0.184 e. The number of rotatable bonds is 6. The Balaban J connectivity index is 1.31. The first-order chi connectivity index (χ1) is 14.9. The molecule has 3 heterocycles. The molecule has 0 radical (unpaired) electrons. The highest BCUT2D eigenvalue weighted by Crippen LogP contribution is 2.35. The monoisotopic (exact) mass is 445 g/mol. The molecule has 0 bridgehead atoms. The first-order valence-corrected chi connectivity index (χ1v) is 12.9. The average molecular weight is 446 g/mol. The van der Waals surface area contributed by atoms with Gasteiger partial charge in [0.25, 0.3) is 0 Å². The van der Waals surface area contributed by atoms with Gasteiger partial charge in [-0.1, -0.05) is 45.4 Å². The van der Waals surface area contributed by atoms with Gasteiger partial charge in [0.15, 0.2) is 5.17 Å². The number of piperazine rings is 1. The van der Waals surface area contributed by atoms with E-state index in [1.165, 1.54) is 37.8 Å². The quantitative estimate of drug-likeness (QED) is 0.673. The first kappa shape index (κ1) is 22.6. The molecule has 1 saturated heterocycles. The Hall–Kier alpha value is -1.54. The number of aromatic nitrogens is 2. The molecular formula is C23H39N7S. The first-order valence-electron chi connectivity index (χ1n) is 11.9. The van der Waals surface area contributed by atoms with Crippen molar-refractivity contribution in [3.05, 3.63) is 17.6 Å². The molecule has 1 aromatic heterocycles. The number of anilines is 1. The largest absolute Gasteiger partial charge is 0.354 e. The molecule has 8 heteroatoms. The van der Waals surface area contributed by atoms with E-state index in [4.69, 9.17) is 9.97 Å². The molecule has 4 rings (SSSR count). The van der Waals surface area contributed by atoms with Gasteiger partial charge in [-0.2, -0.15) is 5.10 Å². The van der Waals surface area contributed by atoms with Gasteiger partial charge < -0.3 is 9.80 Å². The van der Waals surface area contributed by atoms with E-state index >= 15 is 0 Å². The van der Waals surface area contributed by atoms with Crippen molar-refractivity contribution >= 4 is 22.7 Å². The Kier molecular flexibility index (Phi) is 7.26. The van der Waals surface area contributed by atoms with Crippen molar-refractivity contribution in [1.29, 1.82) is 0 Å². The van der Waals surface area contributed by atoms with E-state index in [1.54, 1.807) is 0 Å². The fourth-order valence-electron chi connectivity index (χ4n) is 4.54. The van der Waals surface area contributed by atoms with E-state index in [0.29, 0.717) is 5.92 Å². The van der Waals surface area contributed by atoms with Gasteiger partial charge in [-0.3, -0.25) is 10.3 Å². The van der Waals surface area contributed by atoms with Gasteiger partial charge >= 0.3 is 0 Å². The third kappa shape index (κ3) is 5.83. The molecule has 0 atom stereocenters. The predicted octanol–water partition coefficient (Wildman–Crippen LogP) is 3.44. The third-order valence-corrected chi connectivity index (χ3v) is 7.69. The highest BCUT2D eigenvalue weighted by Gasteiger charge is 2.26. The summed E-state index contributed by atoms with van der Waals surface area (Å²) < 4.78 is 0. The van der Waals surface area contributed by atoms with Crippen LogP contribution in [0.15, 0.2) is 11.2 Å². The van der Waals surface area contributed by atoms with E-state index in [2.05, 4.69) is 59.1 Å². The summed E-state index contributed by atoms with van der Waals surface area (Å²) in [5.41, 5.74) is 4.30. The molecule has 1 aromatic rings. The Labute approximate surface area is 192 Å². The molecule has 1 N–H and O–H groups in total. The van der Waals surface area contributed by atoms with Crippen molar-refractivity contribution in [2.75, 3.05) is 57.1 Å². The second-order valence-electron chi connectivity index (χ2n) is 10.1. The number of hydrogen-bond acceptors (Lipinski definition) is 8. The standard InChI is InChI=1S/C23H39N7S/c1-23(2,3)21-25-19(18-8-5-6-9-18)16-20(26-21)30-13-11-29(12-14-30)10-7-15-31-22-27-24-17-28(22)4/h16,18,24H,5-15,17H2,1-4H3. The number of nitrogens with zero attached hydrogens (tertiary/aromatic N) is 6. The van der Waals surface area contributed by atoms with Gasteiger partial charge in [0.1, 0.15) is 18.3 Å². The minimum Gasteiger partial charge on any atom is -0.354 e. The lowest BCUT2D eigenvalue weighted by atomic mass is 9.94. The molecule has 2 aliphatic heterocycles. The summed E-state index contributed by atoms with van der Waals surface area (Å²) in [5, 5.41) is 5.44. The number of hydrazone groups is 1. The zero-order valence-electron chi connectivity index (χ0n) is 19.7. The summed E-state index contributed by atoms with van der Waals surface area (Å²) in [6.07, 6.45) is 6.44. The lowest BCUT2D eigenvalue weighted by Crippen LogP contribution is -2.47. The maximum atomic E-state index is 5.02. The summed E-state index contributed by atoms with van der Waals surface area (Å²) in [6, 6.07) is 2.30. The SMILES string of the molecule is CN1CNN=C1SCCCN1CCN(c2cc(C3CCCC3)nc(C(C)(C)C)n2)CC1. The van der Waals surface area contributed by atoms with Crippen LogP contribution >= 0.6 is 11.8 Å². The van der Waals surface area contributed by atoms with Crippen LogP contribution in [0.3, 0.4) is 0 Å². The molecule has 0 unspecified atom stereocenters. The summed E-state index contributed by atoms with van der Waals surface area (Å²) in [7, 11) is 2.08. The molecule has 3 aliphatic rings. The van der Waals surface area contributed by atoms with Crippen LogP contribution in [0.4, 0.5) is 5.82 Å². The fourth-order valence-corrected chi connectivity index (χ4v) is 5.41. The van der Waals surface area contributed by atoms with Gasteiger partial charge in [0.2, 0.25) is 0 Å². The van der Waals surface area contributed by atoms with E-state index < -0.39 is 0 Å². The van der Waals surface area contributed by atoms with Crippen LogP contribution in [-0.4, -0.2) is 77.1 Å². The van der Waals surface area contributed by atoms with Crippen LogP contribution in [0.1, 0.15) is 70.3 Å². The zero-order valence-corrected chi connectivity index (χ0v) is 20.5. The van der Waals surface area contributed by atoms with Gasteiger partial charge in [0.05, 0.1) is 0 Å². The van der Waals surface area contributed by atoms with Crippen molar-refractivity contribution in [1.82, 2.24) is 25.2 Å². The van der Waals surface area contributed by atoms with E-state index in [-0.39, 0.29) is 5.41 Å². The van der Waals surface area contributed by atoms with Gasteiger partial charge in [-0.15, -0.1) is 0 Å². The van der Waals surface area contributed by atoms with Crippen LogP contribution in [0.2, 0.25) is 0 Å². The van der Waals surface area contributed by atoms with Gasteiger partial charge in [0, 0.05) is 62.1 Å². The Bertz CT molecular complexity index is 762. The highest BCUT2D eigenvalue weighted by atomic mass is 32.2. The van der Waals surface area contributed by atoms with Crippen LogP contribution in [0.25, 0.3) is 0 Å². The third-order valence-electron chi connectivity index (χ3n) is 6.53. The molecule has 7 nitrogen and oxygen atoms in total. The second kappa shape index (κ2) is 9.94. The van der Waals surface area contributed by atoms with Gasteiger partial charge in [-0.05, 0) is 25.8 Å². The number of thioether (sulfide) groups is 1. The van der Waals surface area contributed by atoms with Crippen LogP contribution in [0, 0.1) is 0 Å². The average Bonchev–Trinajstić information content (AvgIpc) is 3.43. The Morgan fingerprint density at radius 1 is 1.10 bits per heavy atom. The van der Waals surface area contributed by atoms with E-state index in [1.807, 2.05) is 11.8 Å². The van der Waals surface area contributed by atoms with E-state index in [9.17, 15) is 0 Å². The number of amidine groups is 1. The number of hydrogen-bond donors (Lipinski definition) is 1. The van der Waals surface area contributed by atoms with Crippen molar-refractivity contribution in [3.63, 3.8) is 0 Å². The molecule has 1 saturated carbocycles. The highest BCUT2D eigenvalue weighted by molar-refractivity contribution is 8.13. The van der Waals surface area contributed by atoms with E-state index in [0.717, 1.165) is 62.0 Å². The molecule has 0 amide bonds. The van der Waals surface area contributed by atoms with Crippen molar-refractivity contribution in [3.8, 4) is 0 Å². The molecule has 1 aliphatic carbocycles. The minimum atomic E-state index is -0.0178. The van der Waals surface area contributed by atoms with Crippen molar-refractivity contribution in [2.24, 2.45) is 5.10 Å². The maximum absolute atomic E-state index is 5.02. The summed E-state index contributed by atoms with van der Waals surface area (Å²) in [4.78, 5) is 17.3. The molecule has 0 spiro atoms. The second-order valence-corrected chi connectivity index (χ2v) is 11.2. The van der Waals surface area contributed by atoms with Crippen LogP contribution in [-0.2, 0) is 5.41 Å². The Morgan fingerprint density at radius 3 is 2.48 bits per heavy atom. The molecular weight excluding hydrogens is 406 g/mol. The minimum absolute atomic E-state index is 0.0178. The molecule has 172 valence electrons. The lowest BCUT2D eigenvalue weighted by Gasteiger charge is -2.36.